The minimum Gasteiger partial charge on any atom is -0.476 e. The van der Waals surface area contributed by atoms with Gasteiger partial charge in [-0.3, -0.25) is 0 Å². The topological polar surface area (TPSA) is 80.9 Å². The Morgan fingerprint density at radius 1 is 1.17 bits per heavy atom. The van der Waals surface area contributed by atoms with Crippen LogP contribution in [0.25, 0.3) is 16.6 Å². The van der Waals surface area contributed by atoms with Gasteiger partial charge in [-0.1, -0.05) is 18.2 Å². The SMILES string of the molecule is O=C(O)c1nnc2ccccc2c1-n1cccn1. The summed E-state index contributed by atoms with van der Waals surface area (Å²) in [7, 11) is 0. The fourth-order valence-corrected chi connectivity index (χ4v) is 1.82. The highest BCUT2D eigenvalue weighted by molar-refractivity contribution is 5.98. The van der Waals surface area contributed by atoms with Crippen molar-refractivity contribution in [3.8, 4) is 5.69 Å². The molecule has 0 aliphatic rings. The summed E-state index contributed by atoms with van der Waals surface area (Å²) < 4.78 is 1.49. The predicted octanol–water partition coefficient (Wildman–Crippen LogP) is 1.51. The zero-order chi connectivity index (χ0) is 12.5. The Morgan fingerprint density at radius 2 is 2.00 bits per heavy atom. The normalized spacial score (nSPS) is 10.7. The van der Waals surface area contributed by atoms with Crippen molar-refractivity contribution in [2.75, 3.05) is 0 Å². The number of fused-ring (bicyclic) bond motifs is 1. The van der Waals surface area contributed by atoms with Crippen LogP contribution in [0.1, 0.15) is 10.5 Å². The number of aromatic carboxylic acids is 1. The molecule has 2 aromatic heterocycles. The smallest absolute Gasteiger partial charge is 0.358 e. The van der Waals surface area contributed by atoms with Gasteiger partial charge in [-0.05, 0) is 12.1 Å². The first kappa shape index (κ1) is 10.4. The summed E-state index contributed by atoms with van der Waals surface area (Å²) in [6.07, 6.45) is 3.26. The van der Waals surface area contributed by atoms with Crippen LogP contribution in [0.15, 0.2) is 42.7 Å². The minimum atomic E-state index is -1.13. The van der Waals surface area contributed by atoms with Crippen molar-refractivity contribution >= 4 is 16.9 Å². The third-order valence-electron chi connectivity index (χ3n) is 2.58. The van der Waals surface area contributed by atoms with Crippen LogP contribution in [0.3, 0.4) is 0 Å². The van der Waals surface area contributed by atoms with Crippen LogP contribution in [0.5, 0.6) is 0 Å². The number of hydrogen-bond acceptors (Lipinski definition) is 4. The van der Waals surface area contributed by atoms with E-state index in [-0.39, 0.29) is 5.69 Å². The Balaban J connectivity index is 2.43. The van der Waals surface area contributed by atoms with E-state index in [0.717, 1.165) is 0 Å². The third kappa shape index (κ3) is 1.51. The van der Waals surface area contributed by atoms with E-state index in [2.05, 4.69) is 15.3 Å². The molecule has 0 unspecified atom stereocenters. The Kier molecular flexibility index (Phi) is 2.26. The number of carboxylic acids is 1. The number of carboxylic acid groups (broad SMARTS) is 1. The lowest BCUT2D eigenvalue weighted by Gasteiger charge is -2.08. The molecule has 1 aromatic carbocycles. The molecule has 2 heterocycles. The average molecular weight is 240 g/mol. The largest absolute Gasteiger partial charge is 0.476 e. The van der Waals surface area contributed by atoms with Gasteiger partial charge in [-0.2, -0.15) is 5.10 Å². The van der Waals surface area contributed by atoms with Crippen LogP contribution < -0.4 is 0 Å². The van der Waals surface area contributed by atoms with Gasteiger partial charge in [0.25, 0.3) is 0 Å². The highest BCUT2D eigenvalue weighted by Crippen LogP contribution is 2.22. The van der Waals surface area contributed by atoms with E-state index in [4.69, 9.17) is 0 Å². The third-order valence-corrected chi connectivity index (χ3v) is 2.58. The summed E-state index contributed by atoms with van der Waals surface area (Å²) >= 11 is 0. The van der Waals surface area contributed by atoms with Gasteiger partial charge in [-0.25, -0.2) is 9.48 Å². The number of nitrogens with zero attached hydrogens (tertiary/aromatic N) is 4. The van der Waals surface area contributed by atoms with E-state index in [1.54, 1.807) is 30.6 Å². The molecule has 0 fully saturated rings. The van der Waals surface area contributed by atoms with Crippen LogP contribution in [-0.4, -0.2) is 31.1 Å². The van der Waals surface area contributed by atoms with E-state index in [0.29, 0.717) is 16.6 Å². The van der Waals surface area contributed by atoms with Gasteiger partial charge in [0.2, 0.25) is 0 Å². The molecular formula is C12H8N4O2. The molecule has 0 saturated carbocycles. The van der Waals surface area contributed by atoms with E-state index < -0.39 is 5.97 Å². The van der Waals surface area contributed by atoms with Crippen molar-refractivity contribution in [2.24, 2.45) is 0 Å². The van der Waals surface area contributed by atoms with Gasteiger partial charge in [0.15, 0.2) is 5.69 Å². The predicted molar refractivity (Wildman–Crippen MR) is 63.6 cm³/mol. The summed E-state index contributed by atoms with van der Waals surface area (Å²) in [6.45, 7) is 0. The first-order valence-electron chi connectivity index (χ1n) is 5.26. The van der Waals surface area contributed by atoms with Gasteiger partial charge in [0.1, 0.15) is 5.69 Å². The molecule has 0 saturated heterocycles. The van der Waals surface area contributed by atoms with Crippen LogP contribution in [0, 0.1) is 0 Å². The molecule has 0 amide bonds. The Bertz CT molecular complexity index is 722. The first-order valence-corrected chi connectivity index (χ1v) is 5.26. The molecule has 0 spiro atoms. The van der Waals surface area contributed by atoms with E-state index >= 15 is 0 Å². The van der Waals surface area contributed by atoms with E-state index in [1.807, 2.05) is 12.1 Å². The molecule has 3 rings (SSSR count). The van der Waals surface area contributed by atoms with Gasteiger partial charge >= 0.3 is 5.97 Å². The maximum atomic E-state index is 11.2. The maximum Gasteiger partial charge on any atom is 0.358 e. The average Bonchev–Trinajstić information content (AvgIpc) is 2.90. The van der Waals surface area contributed by atoms with E-state index in [9.17, 15) is 9.90 Å². The minimum absolute atomic E-state index is 0.114. The number of aromatic nitrogens is 4. The number of rotatable bonds is 2. The Labute approximate surface area is 102 Å². The molecule has 0 aliphatic heterocycles. The maximum absolute atomic E-state index is 11.2. The molecule has 18 heavy (non-hydrogen) atoms. The zero-order valence-electron chi connectivity index (χ0n) is 9.19. The van der Waals surface area contributed by atoms with Crippen molar-refractivity contribution in [2.45, 2.75) is 0 Å². The summed E-state index contributed by atoms with van der Waals surface area (Å²) in [4.78, 5) is 11.2. The Hall–Kier alpha value is -2.76. The first-order chi connectivity index (χ1) is 8.77. The fourth-order valence-electron chi connectivity index (χ4n) is 1.82. The standard InChI is InChI=1S/C12H8N4O2/c17-12(18)10-11(16-7-3-6-13-16)8-4-1-2-5-9(8)14-15-10/h1-7H,(H,17,18). The van der Waals surface area contributed by atoms with Gasteiger partial charge < -0.3 is 5.11 Å². The molecular weight excluding hydrogens is 232 g/mol. The quantitative estimate of drug-likeness (QED) is 0.734. The van der Waals surface area contributed by atoms with Crippen molar-refractivity contribution in [1.82, 2.24) is 20.0 Å². The van der Waals surface area contributed by atoms with Crippen LogP contribution in [0.4, 0.5) is 0 Å². The second kappa shape index (κ2) is 3.92. The van der Waals surface area contributed by atoms with Crippen LogP contribution in [0.2, 0.25) is 0 Å². The molecule has 0 bridgehead atoms. The lowest BCUT2D eigenvalue weighted by atomic mass is 10.1. The molecule has 6 nitrogen and oxygen atoms in total. The fraction of sp³-hybridized carbons (Fsp3) is 0. The number of benzene rings is 1. The summed E-state index contributed by atoms with van der Waals surface area (Å²) in [5.41, 5.74) is 0.948. The van der Waals surface area contributed by atoms with Gasteiger partial charge in [0, 0.05) is 17.8 Å². The van der Waals surface area contributed by atoms with Crippen molar-refractivity contribution in [3.05, 3.63) is 48.4 Å². The summed E-state index contributed by atoms with van der Waals surface area (Å²) in [5, 5.41) is 21.6. The Morgan fingerprint density at radius 3 is 2.72 bits per heavy atom. The number of carbonyl (C=O) groups is 1. The molecule has 6 heteroatoms. The molecule has 3 aromatic rings. The molecule has 0 atom stereocenters. The summed E-state index contributed by atoms with van der Waals surface area (Å²) in [6, 6.07) is 8.95. The highest BCUT2D eigenvalue weighted by Gasteiger charge is 2.18. The van der Waals surface area contributed by atoms with Crippen molar-refractivity contribution < 1.29 is 9.90 Å². The number of hydrogen-bond donors (Lipinski definition) is 1. The lowest BCUT2D eigenvalue weighted by Crippen LogP contribution is -2.10. The van der Waals surface area contributed by atoms with Gasteiger partial charge in [-0.15, -0.1) is 10.2 Å². The summed E-state index contributed by atoms with van der Waals surface area (Å²) in [5.74, 6) is -1.13. The molecule has 88 valence electrons. The monoisotopic (exact) mass is 240 g/mol. The van der Waals surface area contributed by atoms with Crippen molar-refractivity contribution in [3.63, 3.8) is 0 Å². The van der Waals surface area contributed by atoms with E-state index in [1.165, 1.54) is 4.68 Å². The second-order valence-corrected chi connectivity index (χ2v) is 3.67. The molecule has 0 radical (unpaired) electrons. The zero-order valence-corrected chi connectivity index (χ0v) is 9.19. The molecule has 0 aliphatic carbocycles. The highest BCUT2D eigenvalue weighted by atomic mass is 16.4. The van der Waals surface area contributed by atoms with Crippen LogP contribution >= 0.6 is 0 Å². The lowest BCUT2D eigenvalue weighted by molar-refractivity contribution is 0.0689. The van der Waals surface area contributed by atoms with Crippen molar-refractivity contribution in [1.29, 1.82) is 0 Å². The van der Waals surface area contributed by atoms with Crippen LogP contribution in [-0.2, 0) is 0 Å². The second-order valence-electron chi connectivity index (χ2n) is 3.67. The molecule has 1 N–H and O–H groups in total. The van der Waals surface area contributed by atoms with Gasteiger partial charge in [0.05, 0.1) is 5.52 Å².